The van der Waals surface area contributed by atoms with Crippen molar-refractivity contribution in [2.75, 3.05) is 23.4 Å². The molecule has 3 N–H and O–H groups in total. The molecule has 3 aromatic heterocycles. The fourth-order valence-corrected chi connectivity index (χ4v) is 2.95. The zero-order chi connectivity index (χ0) is 18.1. The highest BCUT2D eigenvalue weighted by Crippen LogP contribution is 2.34. The highest BCUT2D eigenvalue weighted by molar-refractivity contribution is 6.03. The lowest BCUT2D eigenvalue weighted by molar-refractivity contribution is -0.119. The van der Waals surface area contributed by atoms with Crippen molar-refractivity contribution in [1.82, 2.24) is 30.1 Å². The minimum Gasteiger partial charge on any atom is -0.395 e. The molecule has 0 aromatic carbocycles. The Hall–Kier alpha value is -3.40. The predicted molar refractivity (Wildman–Crippen MR) is 92.2 cm³/mol. The molecule has 0 aliphatic carbocycles. The number of H-pyrrole nitrogens is 1. The average molecular weight is 352 g/mol. The molecule has 0 saturated carbocycles. The third-order valence-electron chi connectivity index (χ3n) is 4.15. The van der Waals surface area contributed by atoms with Gasteiger partial charge >= 0.3 is 0 Å². The van der Waals surface area contributed by atoms with Crippen LogP contribution in [0.3, 0.4) is 0 Å². The number of anilines is 2. The summed E-state index contributed by atoms with van der Waals surface area (Å²) in [5, 5.41) is 19.0. The van der Waals surface area contributed by atoms with Crippen LogP contribution in [0.4, 0.5) is 11.6 Å². The van der Waals surface area contributed by atoms with Crippen LogP contribution in [0.2, 0.25) is 0 Å². The minimum atomic E-state index is -0.665. The van der Waals surface area contributed by atoms with Crippen molar-refractivity contribution >= 4 is 17.5 Å². The molecule has 26 heavy (non-hydrogen) atoms. The number of carbonyl (C=O) groups excluding carboxylic acids is 1. The number of aromatic amines is 1. The topological polar surface area (TPSA) is 133 Å². The molecule has 4 heterocycles. The second-order valence-electron chi connectivity index (χ2n) is 5.72. The van der Waals surface area contributed by atoms with Crippen molar-refractivity contribution < 1.29 is 9.90 Å². The number of hydrogen-bond donors (Lipinski definition) is 3. The first-order chi connectivity index (χ1) is 12.7. The number of carbonyl (C=O) groups is 1. The van der Waals surface area contributed by atoms with E-state index in [1.54, 1.807) is 12.3 Å². The van der Waals surface area contributed by atoms with Gasteiger partial charge in [0, 0.05) is 23.7 Å². The molecule has 1 unspecified atom stereocenters. The summed E-state index contributed by atoms with van der Waals surface area (Å²) in [7, 11) is 0. The summed E-state index contributed by atoms with van der Waals surface area (Å²) in [6, 6.07) is 2.94. The van der Waals surface area contributed by atoms with Crippen LogP contribution >= 0.6 is 0 Å². The van der Waals surface area contributed by atoms with Gasteiger partial charge in [-0.05, 0) is 13.0 Å². The maximum atomic E-state index is 13.0. The number of fused-ring (bicyclic) bond motifs is 1. The van der Waals surface area contributed by atoms with E-state index in [2.05, 4.69) is 35.5 Å². The van der Waals surface area contributed by atoms with E-state index in [9.17, 15) is 9.90 Å². The summed E-state index contributed by atoms with van der Waals surface area (Å²) in [6.45, 7) is 1.80. The number of β-amino-alcohol motifs (C(OH)–C–C–N with tert-alkyl or cyclic N) is 1. The molecule has 0 radical (unpaired) electrons. The second kappa shape index (κ2) is 6.48. The van der Waals surface area contributed by atoms with Crippen molar-refractivity contribution in [3.63, 3.8) is 0 Å². The molecule has 10 nitrogen and oxygen atoms in total. The summed E-state index contributed by atoms with van der Waals surface area (Å²) >= 11 is 0. The number of hydrogen-bond acceptors (Lipinski definition) is 8. The molecule has 4 rings (SSSR count). The summed E-state index contributed by atoms with van der Waals surface area (Å²) in [5.74, 6) is 1.24. The number of aliphatic hydroxyl groups is 1. The molecule has 10 heteroatoms. The van der Waals surface area contributed by atoms with E-state index in [-0.39, 0.29) is 19.1 Å². The number of aryl methyl sites for hydroxylation is 1. The molecule has 0 bridgehead atoms. The molecule has 1 amide bonds. The molecule has 0 saturated heterocycles. The third-order valence-corrected chi connectivity index (χ3v) is 4.15. The van der Waals surface area contributed by atoms with Crippen molar-refractivity contribution in [3.8, 4) is 11.5 Å². The fourth-order valence-electron chi connectivity index (χ4n) is 2.95. The lowest BCUT2D eigenvalue weighted by Gasteiger charge is -2.33. The first-order valence-corrected chi connectivity index (χ1v) is 8.02. The van der Waals surface area contributed by atoms with Gasteiger partial charge in [0.2, 0.25) is 0 Å². The van der Waals surface area contributed by atoms with Crippen molar-refractivity contribution in [2.45, 2.75) is 13.0 Å². The van der Waals surface area contributed by atoms with Gasteiger partial charge in [0.15, 0.2) is 17.5 Å². The van der Waals surface area contributed by atoms with Gasteiger partial charge in [-0.2, -0.15) is 5.10 Å². The van der Waals surface area contributed by atoms with Crippen LogP contribution in [0.1, 0.15) is 17.3 Å². The number of nitrogens with one attached hydrogen (secondary N) is 2. The van der Waals surface area contributed by atoms with Gasteiger partial charge in [-0.25, -0.2) is 19.9 Å². The zero-order valence-electron chi connectivity index (χ0n) is 13.9. The molecule has 1 aliphatic heterocycles. The van der Waals surface area contributed by atoms with E-state index < -0.39 is 6.04 Å². The minimum absolute atomic E-state index is 0.144. The Balaban J connectivity index is 1.73. The number of nitrogens with zero attached hydrogens (tertiary/aromatic N) is 6. The van der Waals surface area contributed by atoms with Crippen LogP contribution < -0.4 is 10.2 Å². The normalized spacial score (nSPS) is 16.3. The Labute approximate surface area is 148 Å². The van der Waals surface area contributed by atoms with E-state index in [4.69, 9.17) is 0 Å². The SMILES string of the molecule is Cc1nc(-c2ncn[nH]2)ccc1C1Nc2nccnc2N(CCO)C1=O. The van der Waals surface area contributed by atoms with Crippen LogP contribution in [-0.4, -0.2) is 54.3 Å². The molecule has 0 fully saturated rings. The van der Waals surface area contributed by atoms with Gasteiger partial charge in [-0.1, -0.05) is 6.07 Å². The molecular weight excluding hydrogens is 336 g/mol. The third kappa shape index (κ3) is 2.65. The van der Waals surface area contributed by atoms with Crippen molar-refractivity contribution in [3.05, 3.63) is 42.1 Å². The quantitative estimate of drug-likeness (QED) is 0.617. The average Bonchev–Trinajstić information content (AvgIpc) is 3.19. The maximum absolute atomic E-state index is 13.0. The number of rotatable bonds is 4. The molecule has 1 atom stereocenters. The molecule has 0 spiro atoms. The Morgan fingerprint density at radius 1 is 1.23 bits per heavy atom. The first kappa shape index (κ1) is 16.1. The van der Waals surface area contributed by atoms with Crippen LogP contribution in [0.15, 0.2) is 30.9 Å². The van der Waals surface area contributed by atoms with Crippen LogP contribution in [0, 0.1) is 6.92 Å². The summed E-state index contributed by atoms with van der Waals surface area (Å²) in [5.41, 5.74) is 2.04. The van der Waals surface area contributed by atoms with E-state index in [0.29, 0.717) is 28.8 Å². The van der Waals surface area contributed by atoms with Gasteiger partial charge in [0.1, 0.15) is 18.1 Å². The Bertz CT molecular complexity index is 943. The molecule has 1 aliphatic rings. The number of aromatic nitrogens is 6. The number of pyridine rings is 1. The number of aliphatic hydroxyl groups excluding tert-OH is 1. The van der Waals surface area contributed by atoms with Crippen LogP contribution in [0.5, 0.6) is 0 Å². The predicted octanol–water partition coefficient (Wildman–Crippen LogP) is 0.457. The molecule has 3 aromatic rings. The van der Waals surface area contributed by atoms with Crippen molar-refractivity contribution in [1.29, 1.82) is 0 Å². The first-order valence-electron chi connectivity index (χ1n) is 8.02. The molecular formula is C16H16N8O2. The van der Waals surface area contributed by atoms with Gasteiger partial charge in [-0.15, -0.1) is 0 Å². The summed E-state index contributed by atoms with van der Waals surface area (Å²) in [6.07, 6.45) is 4.47. The lowest BCUT2D eigenvalue weighted by atomic mass is 10.0. The monoisotopic (exact) mass is 352 g/mol. The van der Waals surface area contributed by atoms with Gasteiger partial charge in [-0.3, -0.25) is 14.8 Å². The van der Waals surface area contributed by atoms with Gasteiger partial charge in [0.05, 0.1) is 13.2 Å². The van der Waals surface area contributed by atoms with Crippen molar-refractivity contribution in [2.24, 2.45) is 0 Å². The zero-order valence-corrected chi connectivity index (χ0v) is 13.9. The van der Waals surface area contributed by atoms with E-state index in [0.717, 1.165) is 5.56 Å². The van der Waals surface area contributed by atoms with Crippen LogP contribution in [-0.2, 0) is 4.79 Å². The fraction of sp³-hybridized carbons (Fsp3) is 0.250. The van der Waals surface area contributed by atoms with E-state index in [1.807, 2.05) is 13.0 Å². The van der Waals surface area contributed by atoms with Gasteiger partial charge < -0.3 is 10.4 Å². The van der Waals surface area contributed by atoms with Crippen LogP contribution in [0.25, 0.3) is 11.5 Å². The summed E-state index contributed by atoms with van der Waals surface area (Å²) < 4.78 is 0. The second-order valence-corrected chi connectivity index (χ2v) is 5.72. The Morgan fingerprint density at radius 3 is 2.81 bits per heavy atom. The maximum Gasteiger partial charge on any atom is 0.255 e. The highest BCUT2D eigenvalue weighted by Gasteiger charge is 2.36. The highest BCUT2D eigenvalue weighted by atomic mass is 16.3. The standard InChI is InChI=1S/C16H16N8O2/c1-9-10(2-3-11(21-9)13-19-8-20-23-13)12-16(26)24(6-7-25)15-14(22-12)17-4-5-18-15/h2-5,8,12,25H,6-7H2,1H3,(H,17,22)(H,19,20,23). The van der Waals surface area contributed by atoms with E-state index >= 15 is 0 Å². The largest absolute Gasteiger partial charge is 0.395 e. The summed E-state index contributed by atoms with van der Waals surface area (Å²) in [4.78, 5) is 31.5. The lowest BCUT2D eigenvalue weighted by Crippen LogP contribution is -2.44. The van der Waals surface area contributed by atoms with Gasteiger partial charge in [0.25, 0.3) is 5.91 Å². The van der Waals surface area contributed by atoms with E-state index in [1.165, 1.54) is 17.4 Å². The smallest absolute Gasteiger partial charge is 0.255 e. The Morgan fingerprint density at radius 2 is 2.08 bits per heavy atom. The Kier molecular flexibility index (Phi) is 4.01. The molecule has 132 valence electrons. The number of amides is 1.